The van der Waals surface area contributed by atoms with E-state index in [1.54, 1.807) is 6.20 Å². The fourth-order valence-corrected chi connectivity index (χ4v) is 5.17. The van der Waals surface area contributed by atoms with Crippen LogP contribution < -0.4 is 5.32 Å². The third-order valence-corrected chi connectivity index (χ3v) is 6.37. The Kier molecular flexibility index (Phi) is 4.14. The minimum Gasteiger partial charge on any atom is -0.349 e. The van der Waals surface area contributed by atoms with Gasteiger partial charge in [0.25, 0.3) is 5.91 Å². The molecule has 0 spiro atoms. The molecule has 0 saturated heterocycles. The number of nitrogens with zero attached hydrogens (tertiary/aromatic N) is 2. The molecule has 4 heteroatoms. The molecule has 0 unspecified atom stereocenters. The number of carbonyl (C=O) groups is 1. The van der Waals surface area contributed by atoms with E-state index in [1.807, 2.05) is 38.2 Å². The van der Waals surface area contributed by atoms with Crippen molar-refractivity contribution in [2.24, 2.45) is 17.8 Å². The Hall–Kier alpha value is -2.10. The second kappa shape index (κ2) is 6.32. The van der Waals surface area contributed by atoms with E-state index in [0.29, 0.717) is 5.92 Å². The maximum Gasteiger partial charge on any atom is 0.253 e. The SMILES string of the molecule is Cc1cc(C(=O)N[C@@H](C)[C@@H]2C[C@H]3CC[C@H]2C3)c(C)n1-c1cccnc1. The molecule has 2 saturated carbocycles. The first-order valence-electron chi connectivity index (χ1n) is 9.44. The van der Waals surface area contributed by atoms with Crippen molar-refractivity contribution in [1.29, 1.82) is 0 Å². The number of hydrogen-bond donors (Lipinski definition) is 1. The lowest BCUT2D eigenvalue weighted by Crippen LogP contribution is -2.40. The molecule has 2 fully saturated rings. The summed E-state index contributed by atoms with van der Waals surface area (Å²) in [7, 11) is 0. The Balaban J connectivity index is 1.53. The molecule has 4 rings (SSSR count). The van der Waals surface area contributed by atoms with Crippen LogP contribution in [0.5, 0.6) is 0 Å². The van der Waals surface area contributed by atoms with Gasteiger partial charge in [-0.15, -0.1) is 0 Å². The maximum absolute atomic E-state index is 12.9. The van der Waals surface area contributed by atoms with E-state index in [9.17, 15) is 4.79 Å². The number of fused-ring (bicyclic) bond motifs is 2. The predicted molar refractivity (Wildman–Crippen MR) is 98.9 cm³/mol. The molecular weight excluding hydrogens is 310 g/mol. The Labute approximate surface area is 149 Å². The fraction of sp³-hybridized carbons (Fsp3) is 0.524. The Morgan fingerprint density at radius 2 is 2.16 bits per heavy atom. The Morgan fingerprint density at radius 1 is 1.32 bits per heavy atom. The molecule has 0 aliphatic heterocycles. The van der Waals surface area contributed by atoms with Crippen molar-refractivity contribution in [1.82, 2.24) is 14.9 Å². The summed E-state index contributed by atoms with van der Waals surface area (Å²) in [5, 5.41) is 3.29. The van der Waals surface area contributed by atoms with Crippen molar-refractivity contribution in [3.8, 4) is 5.69 Å². The van der Waals surface area contributed by atoms with E-state index in [-0.39, 0.29) is 11.9 Å². The molecule has 0 aromatic carbocycles. The fourth-order valence-electron chi connectivity index (χ4n) is 5.17. The van der Waals surface area contributed by atoms with Gasteiger partial charge in [0.1, 0.15) is 0 Å². The third kappa shape index (κ3) is 2.88. The van der Waals surface area contributed by atoms with Crippen molar-refractivity contribution in [3.05, 3.63) is 47.5 Å². The summed E-state index contributed by atoms with van der Waals surface area (Å²) in [4.78, 5) is 17.1. The number of amides is 1. The summed E-state index contributed by atoms with van der Waals surface area (Å²) < 4.78 is 2.10. The van der Waals surface area contributed by atoms with E-state index in [0.717, 1.165) is 34.5 Å². The third-order valence-electron chi connectivity index (χ3n) is 6.37. The van der Waals surface area contributed by atoms with Gasteiger partial charge in [0.2, 0.25) is 0 Å². The number of aryl methyl sites for hydroxylation is 1. The zero-order valence-corrected chi connectivity index (χ0v) is 15.3. The van der Waals surface area contributed by atoms with Gasteiger partial charge in [-0.05, 0) is 76.0 Å². The largest absolute Gasteiger partial charge is 0.349 e. The number of rotatable bonds is 4. The number of carbonyl (C=O) groups excluding carboxylic acids is 1. The molecule has 2 bridgehead atoms. The quantitative estimate of drug-likeness (QED) is 0.915. The van der Waals surface area contributed by atoms with Crippen LogP contribution in [0, 0.1) is 31.6 Å². The van der Waals surface area contributed by atoms with Crippen LogP contribution in [0.3, 0.4) is 0 Å². The smallest absolute Gasteiger partial charge is 0.253 e. The average molecular weight is 337 g/mol. The van der Waals surface area contributed by atoms with E-state index in [4.69, 9.17) is 0 Å². The van der Waals surface area contributed by atoms with Crippen LogP contribution in [0.15, 0.2) is 30.6 Å². The molecule has 1 N–H and O–H groups in total. The van der Waals surface area contributed by atoms with Gasteiger partial charge in [0.15, 0.2) is 0 Å². The van der Waals surface area contributed by atoms with Crippen LogP contribution in [0.4, 0.5) is 0 Å². The topological polar surface area (TPSA) is 46.9 Å². The first-order valence-corrected chi connectivity index (χ1v) is 9.44. The van der Waals surface area contributed by atoms with Gasteiger partial charge in [-0.25, -0.2) is 0 Å². The number of nitrogens with one attached hydrogen (secondary N) is 1. The second-order valence-electron chi connectivity index (χ2n) is 7.93. The van der Waals surface area contributed by atoms with Crippen molar-refractivity contribution in [2.45, 2.75) is 52.5 Å². The van der Waals surface area contributed by atoms with E-state index in [2.05, 4.69) is 21.8 Å². The molecule has 2 aliphatic carbocycles. The van der Waals surface area contributed by atoms with Crippen LogP contribution in [0.25, 0.3) is 5.69 Å². The van der Waals surface area contributed by atoms with Crippen molar-refractivity contribution in [3.63, 3.8) is 0 Å². The monoisotopic (exact) mass is 337 g/mol. The zero-order valence-electron chi connectivity index (χ0n) is 15.3. The summed E-state index contributed by atoms with van der Waals surface area (Å²) >= 11 is 0. The first-order chi connectivity index (χ1) is 12.0. The van der Waals surface area contributed by atoms with Gasteiger partial charge in [0, 0.05) is 23.6 Å². The highest BCUT2D eigenvalue weighted by molar-refractivity contribution is 5.96. The van der Waals surface area contributed by atoms with Gasteiger partial charge in [-0.2, -0.15) is 0 Å². The molecular formula is C21H27N3O. The molecule has 4 nitrogen and oxygen atoms in total. The van der Waals surface area contributed by atoms with Crippen LogP contribution in [0.2, 0.25) is 0 Å². The lowest BCUT2D eigenvalue weighted by Gasteiger charge is -2.28. The number of hydrogen-bond acceptors (Lipinski definition) is 2. The first kappa shape index (κ1) is 16.4. The Morgan fingerprint density at radius 3 is 2.80 bits per heavy atom. The maximum atomic E-state index is 12.9. The zero-order chi connectivity index (χ0) is 17.6. The van der Waals surface area contributed by atoms with Crippen molar-refractivity contribution in [2.75, 3.05) is 0 Å². The molecule has 25 heavy (non-hydrogen) atoms. The van der Waals surface area contributed by atoms with Crippen LogP contribution in [-0.2, 0) is 0 Å². The lowest BCUT2D eigenvalue weighted by molar-refractivity contribution is 0.0914. The van der Waals surface area contributed by atoms with E-state index in [1.165, 1.54) is 25.7 Å². The minimum atomic E-state index is 0.0542. The summed E-state index contributed by atoms with van der Waals surface area (Å²) in [6.07, 6.45) is 9.02. The molecule has 2 aliphatic rings. The molecule has 1 amide bonds. The van der Waals surface area contributed by atoms with Crippen molar-refractivity contribution >= 4 is 5.91 Å². The molecule has 2 heterocycles. The van der Waals surface area contributed by atoms with Gasteiger partial charge in [0.05, 0.1) is 17.4 Å². The molecule has 132 valence electrons. The average Bonchev–Trinajstić information content (AvgIpc) is 3.30. The summed E-state index contributed by atoms with van der Waals surface area (Å²) in [5.41, 5.74) is 3.81. The highest BCUT2D eigenvalue weighted by Crippen LogP contribution is 2.49. The van der Waals surface area contributed by atoms with Gasteiger partial charge in [-0.3, -0.25) is 9.78 Å². The van der Waals surface area contributed by atoms with Crippen LogP contribution >= 0.6 is 0 Å². The summed E-state index contributed by atoms with van der Waals surface area (Å²) in [6, 6.07) is 6.19. The predicted octanol–water partition coefficient (Wildman–Crippen LogP) is 4.04. The van der Waals surface area contributed by atoms with Gasteiger partial charge < -0.3 is 9.88 Å². The summed E-state index contributed by atoms with van der Waals surface area (Å²) in [5.74, 6) is 2.44. The standard InChI is InChI=1S/C21H27N3O/c1-13-9-20(15(3)24(13)18-5-4-8-22-12-18)21(25)23-14(2)19-11-16-6-7-17(19)10-16/h4-5,8-9,12,14,16-17,19H,6-7,10-11H2,1-3H3,(H,23,25)/t14-,16-,17-,19-/m0/s1. The Bertz CT molecular complexity index is 780. The second-order valence-corrected chi connectivity index (χ2v) is 7.93. The van der Waals surface area contributed by atoms with Crippen LogP contribution in [0.1, 0.15) is 54.4 Å². The molecule has 2 aromatic heterocycles. The molecule has 4 atom stereocenters. The normalized spacial score (nSPS) is 26.0. The highest BCUT2D eigenvalue weighted by Gasteiger charge is 2.42. The minimum absolute atomic E-state index is 0.0542. The number of pyridine rings is 1. The lowest BCUT2D eigenvalue weighted by atomic mass is 9.84. The van der Waals surface area contributed by atoms with Crippen molar-refractivity contribution < 1.29 is 4.79 Å². The van der Waals surface area contributed by atoms with Gasteiger partial charge >= 0.3 is 0 Å². The molecule has 0 radical (unpaired) electrons. The summed E-state index contributed by atoms with van der Waals surface area (Å²) in [6.45, 7) is 6.23. The highest BCUT2D eigenvalue weighted by atomic mass is 16.1. The van der Waals surface area contributed by atoms with Gasteiger partial charge in [-0.1, -0.05) is 6.42 Å². The number of aromatic nitrogens is 2. The molecule has 2 aromatic rings. The van der Waals surface area contributed by atoms with Crippen LogP contribution in [-0.4, -0.2) is 21.5 Å². The van der Waals surface area contributed by atoms with E-state index >= 15 is 0 Å². The van der Waals surface area contributed by atoms with E-state index < -0.39 is 0 Å².